The Morgan fingerprint density at radius 1 is 0.561 bits per heavy atom. The average molecular weight is 527 g/mol. The Balaban J connectivity index is 1.25. The number of fused-ring (bicyclic) bond motifs is 8. The quantitative estimate of drug-likeness (QED) is 0.236. The van der Waals surface area contributed by atoms with Gasteiger partial charge in [0.05, 0.1) is 28.6 Å². The van der Waals surface area contributed by atoms with Gasteiger partial charge in [-0.05, 0) is 63.2 Å². The molecule has 0 bridgehead atoms. The van der Waals surface area contributed by atoms with Crippen LogP contribution in [0.1, 0.15) is 17.4 Å². The molecule has 0 fully saturated rings. The molecule has 1 unspecified atom stereocenters. The normalized spacial score (nSPS) is 15.1. The van der Waals surface area contributed by atoms with E-state index in [0.29, 0.717) is 0 Å². The molecule has 192 valence electrons. The summed E-state index contributed by atoms with van der Waals surface area (Å²) in [5, 5.41) is 16.3. The highest BCUT2D eigenvalue weighted by Gasteiger charge is 2.30. The summed E-state index contributed by atoms with van der Waals surface area (Å²) in [5.74, 6) is 1.84. The van der Waals surface area contributed by atoms with E-state index in [0.717, 1.165) is 62.2 Å². The van der Waals surface area contributed by atoms with Gasteiger partial charge in [0, 0.05) is 22.1 Å². The summed E-state index contributed by atoms with van der Waals surface area (Å²) >= 11 is 0. The van der Waals surface area contributed by atoms with Crippen molar-refractivity contribution in [2.24, 2.45) is 0 Å². The zero-order valence-corrected chi connectivity index (χ0v) is 21.9. The molecule has 5 heteroatoms. The Morgan fingerprint density at radius 2 is 1.20 bits per heavy atom. The van der Waals surface area contributed by atoms with Crippen molar-refractivity contribution in [2.75, 3.05) is 0 Å². The van der Waals surface area contributed by atoms with E-state index in [9.17, 15) is 5.11 Å². The van der Waals surface area contributed by atoms with Gasteiger partial charge in [-0.15, -0.1) is 0 Å². The van der Waals surface area contributed by atoms with Crippen molar-refractivity contribution in [3.8, 4) is 33.9 Å². The van der Waals surface area contributed by atoms with Crippen molar-refractivity contribution in [1.82, 2.24) is 19.1 Å². The molecule has 0 spiro atoms. The summed E-state index contributed by atoms with van der Waals surface area (Å²) in [6.45, 7) is 0.801. The Morgan fingerprint density at radius 3 is 2.05 bits per heavy atom. The predicted octanol–water partition coefficient (Wildman–Crippen LogP) is 7.91. The van der Waals surface area contributed by atoms with Gasteiger partial charge in [-0.25, -0.2) is 9.97 Å². The van der Waals surface area contributed by atoms with Crippen LogP contribution < -0.4 is 0 Å². The van der Waals surface area contributed by atoms with Gasteiger partial charge in [0.15, 0.2) is 6.23 Å². The topological polar surface area (TPSA) is 55.9 Å². The fraction of sp³-hybridized carbons (Fsp3) is 0.0556. The van der Waals surface area contributed by atoms with Crippen LogP contribution in [0.3, 0.4) is 0 Å². The molecule has 8 aromatic rings. The first-order valence-corrected chi connectivity index (χ1v) is 14.0. The van der Waals surface area contributed by atoms with Crippen molar-refractivity contribution in [1.29, 1.82) is 0 Å². The molecule has 1 atom stereocenters. The van der Waals surface area contributed by atoms with Crippen LogP contribution in [-0.4, -0.2) is 24.2 Å². The summed E-state index contributed by atoms with van der Waals surface area (Å²) in [5.41, 5.74) is 10.8. The molecule has 2 aliphatic heterocycles. The van der Waals surface area contributed by atoms with E-state index < -0.39 is 6.23 Å². The van der Waals surface area contributed by atoms with Crippen LogP contribution in [0, 0.1) is 0 Å². The van der Waals surface area contributed by atoms with Gasteiger partial charge >= 0.3 is 0 Å². The van der Waals surface area contributed by atoms with E-state index in [1.54, 1.807) is 0 Å². The molecular formula is C36H22N4O. The number of imidazole rings is 2. The number of hydrogen-bond acceptors (Lipinski definition) is 3. The second-order valence-corrected chi connectivity index (χ2v) is 11.1. The van der Waals surface area contributed by atoms with E-state index in [4.69, 9.17) is 9.97 Å². The van der Waals surface area contributed by atoms with Crippen LogP contribution in [0.4, 0.5) is 0 Å². The Bertz CT molecular complexity index is 2430. The van der Waals surface area contributed by atoms with Gasteiger partial charge in [-0.3, -0.25) is 4.57 Å². The first-order chi connectivity index (χ1) is 20.3. The van der Waals surface area contributed by atoms with Crippen molar-refractivity contribution >= 4 is 43.6 Å². The molecule has 0 saturated heterocycles. The average Bonchev–Trinajstić information content (AvgIpc) is 3.59. The van der Waals surface area contributed by atoms with Crippen LogP contribution in [-0.2, 0) is 6.54 Å². The number of rotatable bonds is 1. The van der Waals surface area contributed by atoms with Crippen LogP contribution in [0.2, 0.25) is 0 Å². The first-order valence-electron chi connectivity index (χ1n) is 14.0. The summed E-state index contributed by atoms with van der Waals surface area (Å²) in [6, 6.07) is 38.2. The summed E-state index contributed by atoms with van der Waals surface area (Å²) < 4.78 is 4.29. The Kier molecular flexibility index (Phi) is 3.93. The van der Waals surface area contributed by atoms with Crippen LogP contribution in [0.5, 0.6) is 0 Å². The Labute approximate surface area is 234 Å². The van der Waals surface area contributed by atoms with Gasteiger partial charge in [-0.1, -0.05) is 78.9 Å². The van der Waals surface area contributed by atoms with Crippen LogP contribution in [0.15, 0.2) is 109 Å². The third kappa shape index (κ3) is 2.64. The van der Waals surface area contributed by atoms with Crippen LogP contribution in [0.25, 0.3) is 77.5 Å². The maximum atomic E-state index is 11.6. The fourth-order valence-corrected chi connectivity index (χ4v) is 7.34. The molecule has 0 aliphatic carbocycles. The lowest BCUT2D eigenvalue weighted by Crippen LogP contribution is -2.16. The van der Waals surface area contributed by atoms with Crippen molar-refractivity contribution in [2.45, 2.75) is 12.8 Å². The summed E-state index contributed by atoms with van der Waals surface area (Å²) in [7, 11) is 0. The summed E-state index contributed by atoms with van der Waals surface area (Å²) in [4.78, 5) is 10.00. The van der Waals surface area contributed by atoms with Crippen molar-refractivity contribution in [3.63, 3.8) is 0 Å². The Hall–Kier alpha value is -5.26. The van der Waals surface area contributed by atoms with Crippen LogP contribution >= 0.6 is 0 Å². The van der Waals surface area contributed by atoms with Gasteiger partial charge in [-0.2, -0.15) is 0 Å². The lowest BCUT2D eigenvalue weighted by atomic mass is 9.86. The highest BCUT2D eigenvalue weighted by atomic mass is 16.3. The molecule has 10 rings (SSSR count). The smallest absolute Gasteiger partial charge is 0.159 e. The van der Waals surface area contributed by atoms with Gasteiger partial charge in [0.2, 0.25) is 0 Å². The largest absolute Gasteiger partial charge is 0.369 e. The van der Waals surface area contributed by atoms with E-state index >= 15 is 0 Å². The second-order valence-electron chi connectivity index (χ2n) is 11.1. The minimum absolute atomic E-state index is 0.798. The number of benzene rings is 6. The molecular weight excluding hydrogens is 504 g/mol. The van der Waals surface area contributed by atoms with E-state index in [-0.39, 0.29) is 0 Å². The van der Waals surface area contributed by atoms with Crippen molar-refractivity contribution in [3.05, 3.63) is 120 Å². The minimum Gasteiger partial charge on any atom is -0.369 e. The van der Waals surface area contributed by atoms with E-state index in [1.807, 2.05) is 28.8 Å². The summed E-state index contributed by atoms with van der Waals surface area (Å²) in [6.07, 6.45) is -0.798. The predicted molar refractivity (Wildman–Crippen MR) is 164 cm³/mol. The number of aliphatic hydroxyl groups is 1. The number of nitrogens with zero attached hydrogens (tertiary/aromatic N) is 4. The third-order valence-corrected chi connectivity index (χ3v) is 9.07. The molecule has 0 amide bonds. The maximum Gasteiger partial charge on any atom is 0.159 e. The third-order valence-electron chi connectivity index (χ3n) is 9.07. The van der Waals surface area contributed by atoms with Crippen molar-refractivity contribution < 1.29 is 5.11 Å². The van der Waals surface area contributed by atoms with E-state index in [1.165, 1.54) is 33.0 Å². The molecule has 4 heterocycles. The standard InChI is InChI=1S/C36H22N4O/c41-36-27-18-16-22(24-9-6-10-25(33(24)27)35-38-29-12-2-4-14-31(29)40(35)36)21-15-17-26-32-20(7-5-8-23(21)32)19-39-30-13-3-1-11-28(30)37-34(26)39/h1-18,36,41H,19H2. The first kappa shape index (κ1) is 21.5. The van der Waals surface area contributed by atoms with Gasteiger partial charge < -0.3 is 9.67 Å². The molecule has 41 heavy (non-hydrogen) atoms. The monoisotopic (exact) mass is 526 g/mol. The molecule has 5 nitrogen and oxygen atoms in total. The number of hydrogen-bond donors (Lipinski definition) is 1. The number of aliphatic hydroxyl groups excluding tert-OH is 1. The van der Waals surface area contributed by atoms with Gasteiger partial charge in [0.25, 0.3) is 0 Å². The molecule has 0 radical (unpaired) electrons. The molecule has 0 saturated carbocycles. The second kappa shape index (κ2) is 7.47. The van der Waals surface area contributed by atoms with Gasteiger partial charge in [0.1, 0.15) is 11.6 Å². The lowest BCUT2D eigenvalue weighted by Gasteiger charge is -2.27. The highest BCUT2D eigenvalue weighted by molar-refractivity contribution is 6.14. The molecule has 2 aliphatic rings. The maximum absolute atomic E-state index is 11.6. The molecule has 6 aromatic carbocycles. The lowest BCUT2D eigenvalue weighted by molar-refractivity contribution is 0.152. The minimum atomic E-state index is -0.798. The SMILES string of the molecule is OC1c2ccc(-c3ccc4c5c(cccc35)Cn3c-4nc4ccccc43)c3cccc(c23)-c2nc3ccccc3n21. The number of aromatic nitrogens is 4. The highest BCUT2D eigenvalue weighted by Crippen LogP contribution is 2.47. The fourth-order valence-electron chi connectivity index (χ4n) is 7.34. The zero-order chi connectivity index (χ0) is 26.8. The zero-order valence-electron chi connectivity index (χ0n) is 21.9. The van der Waals surface area contributed by atoms with E-state index in [2.05, 4.69) is 89.5 Å². The number of para-hydroxylation sites is 4. The molecule has 2 aromatic heterocycles. The molecule has 1 N–H and O–H groups in total.